The molecule has 0 aliphatic carbocycles. The van der Waals surface area contributed by atoms with Crippen LogP contribution >= 0.6 is 0 Å². The molecule has 1 aliphatic rings. The predicted octanol–water partition coefficient (Wildman–Crippen LogP) is 0.536. The lowest BCUT2D eigenvalue weighted by molar-refractivity contribution is 0.110. The highest BCUT2D eigenvalue weighted by molar-refractivity contribution is 5.74. The van der Waals surface area contributed by atoms with Crippen molar-refractivity contribution in [1.82, 2.24) is 15.5 Å². The minimum Gasteiger partial charge on any atom is -0.453 e. The second-order valence-electron chi connectivity index (χ2n) is 3.74. The molecule has 0 aromatic heterocycles. The zero-order chi connectivity index (χ0) is 12.0. The Balaban J connectivity index is 2.26. The van der Waals surface area contributed by atoms with Gasteiger partial charge in [-0.15, -0.1) is 0 Å². The molecule has 6 heteroatoms. The lowest BCUT2D eigenvalue weighted by Gasteiger charge is -2.31. The summed E-state index contributed by atoms with van der Waals surface area (Å²) in [6.07, 6.45) is 1.25. The van der Waals surface area contributed by atoms with Crippen LogP contribution in [0.25, 0.3) is 0 Å². The van der Waals surface area contributed by atoms with Crippen molar-refractivity contribution in [1.29, 1.82) is 0 Å². The number of rotatable bonds is 2. The first-order chi connectivity index (χ1) is 7.67. The van der Waals surface area contributed by atoms with Gasteiger partial charge in [0.05, 0.1) is 7.11 Å². The summed E-state index contributed by atoms with van der Waals surface area (Å²) in [4.78, 5) is 24.1. The number of likely N-dealkylation sites (tertiary alicyclic amines) is 1. The van der Waals surface area contributed by atoms with E-state index < -0.39 is 0 Å². The summed E-state index contributed by atoms with van der Waals surface area (Å²) in [5.74, 6) is 0. The van der Waals surface area contributed by atoms with E-state index in [0.717, 1.165) is 12.8 Å². The topological polar surface area (TPSA) is 70.7 Å². The van der Waals surface area contributed by atoms with Crippen LogP contribution in [0.15, 0.2) is 0 Å². The molecular weight excluding hydrogens is 210 g/mol. The number of methoxy groups -OCH3 is 1. The summed E-state index contributed by atoms with van der Waals surface area (Å²) >= 11 is 0. The fourth-order valence-corrected chi connectivity index (χ4v) is 1.73. The predicted molar refractivity (Wildman–Crippen MR) is 59.2 cm³/mol. The van der Waals surface area contributed by atoms with Crippen LogP contribution < -0.4 is 10.6 Å². The lowest BCUT2D eigenvalue weighted by atomic mass is 10.1. The van der Waals surface area contributed by atoms with Crippen LogP contribution in [0.4, 0.5) is 9.59 Å². The Hall–Kier alpha value is -1.46. The van der Waals surface area contributed by atoms with Crippen molar-refractivity contribution < 1.29 is 14.3 Å². The number of carbonyl (C=O) groups is 2. The van der Waals surface area contributed by atoms with Crippen molar-refractivity contribution in [3.63, 3.8) is 0 Å². The molecule has 0 bridgehead atoms. The minimum absolute atomic E-state index is 0.140. The Labute approximate surface area is 95.3 Å². The van der Waals surface area contributed by atoms with Gasteiger partial charge in [0.15, 0.2) is 0 Å². The maximum absolute atomic E-state index is 11.3. The molecule has 3 amide bonds. The molecule has 1 aliphatic heterocycles. The van der Waals surface area contributed by atoms with E-state index in [-0.39, 0.29) is 18.2 Å². The van der Waals surface area contributed by atoms with Gasteiger partial charge in [-0.1, -0.05) is 0 Å². The Morgan fingerprint density at radius 1 is 1.38 bits per heavy atom. The molecule has 1 heterocycles. The molecule has 1 fully saturated rings. The summed E-state index contributed by atoms with van der Waals surface area (Å²) < 4.78 is 4.63. The van der Waals surface area contributed by atoms with Gasteiger partial charge in [-0.2, -0.15) is 0 Å². The number of nitrogens with zero attached hydrogens (tertiary/aromatic N) is 1. The van der Waals surface area contributed by atoms with Crippen molar-refractivity contribution in [2.24, 2.45) is 0 Å². The van der Waals surface area contributed by atoms with E-state index in [2.05, 4.69) is 15.4 Å². The average molecular weight is 229 g/mol. The molecule has 0 radical (unpaired) electrons. The summed E-state index contributed by atoms with van der Waals surface area (Å²) in [5.41, 5.74) is 0. The molecule has 0 spiro atoms. The summed E-state index contributed by atoms with van der Waals surface area (Å²) in [7, 11) is 1.38. The standard InChI is InChI=1S/C10H19N3O3/c1-3-11-9(14)12-8-4-6-13(7-5-8)10(15)16-2/h8H,3-7H2,1-2H3,(H2,11,12,14). The molecule has 0 atom stereocenters. The van der Waals surface area contributed by atoms with E-state index in [1.54, 1.807) is 4.90 Å². The van der Waals surface area contributed by atoms with Gasteiger partial charge in [0.1, 0.15) is 0 Å². The van der Waals surface area contributed by atoms with Crippen molar-refractivity contribution >= 4 is 12.1 Å². The molecule has 0 saturated carbocycles. The number of hydrogen-bond donors (Lipinski definition) is 2. The van der Waals surface area contributed by atoms with Crippen molar-refractivity contribution in [2.45, 2.75) is 25.8 Å². The monoisotopic (exact) mass is 229 g/mol. The highest BCUT2D eigenvalue weighted by Gasteiger charge is 2.23. The molecule has 0 aromatic rings. The highest BCUT2D eigenvalue weighted by Crippen LogP contribution is 2.10. The van der Waals surface area contributed by atoms with Crippen LogP contribution in [-0.4, -0.2) is 49.8 Å². The zero-order valence-corrected chi connectivity index (χ0v) is 9.78. The minimum atomic E-state index is -0.295. The smallest absolute Gasteiger partial charge is 0.409 e. The zero-order valence-electron chi connectivity index (χ0n) is 9.78. The van der Waals surface area contributed by atoms with Gasteiger partial charge in [0, 0.05) is 25.7 Å². The quantitative estimate of drug-likeness (QED) is 0.726. The van der Waals surface area contributed by atoms with Crippen molar-refractivity contribution in [3.05, 3.63) is 0 Å². The normalized spacial score (nSPS) is 16.8. The number of ether oxygens (including phenoxy) is 1. The van der Waals surface area contributed by atoms with Gasteiger partial charge in [-0.25, -0.2) is 9.59 Å². The van der Waals surface area contributed by atoms with E-state index in [4.69, 9.17) is 0 Å². The molecule has 16 heavy (non-hydrogen) atoms. The third-order valence-corrected chi connectivity index (χ3v) is 2.60. The van der Waals surface area contributed by atoms with Crippen LogP contribution in [0.1, 0.15) is 19.8 Å². The third kappa shape index (κ3) is 3.60. The summed E-state index contributed by atoms with van der Waals surface area (Å²) in [6.45, 7) is 3.75. The number of carbonyl (C=O) groups excluding carboxylic acids is 2. The maximum atomic E-state index is 11.3. The number of nitrogens with one attached hydrogen (secondary N) is 2. The maximum Gasteiger partial charge on any atom is 0.409 e. The average Bonchev–Trinajstić information content (AvgIpc) is 2.29. The van der Waals surface area contributed by atoms with Gasteiger partial charge >= 0.3 is 12.1 Å². The first-order valence-electron chi connectivity index (χ1n) is 5.54. The first kappa shape index (κ1) is 12.6. The van der Waals surface area contributed by atoms with Crippen LogP contribution in [0.5, 0.6) is 0 Å². The van der Waals surface area contributed by atoms with E-state index in [9.17, 15) is 9.59 Å². The number of amides is 3. The lowest BCUT2D eigenvalue weighted by Crippen LogP contribution is -2.49. The highest BCUT2D eigenvalue weighted by atomic mass is 16.5. The van der Waals surface area contributed by atoms with Crippen LogP contribution in [0.2, 0.25) is 0 Å². The van der Waals surface area contributed by atoms with Crippen LogP contribution in [0, 0.1) is 0 Å². The number of urea groups is 1. The molecule has 6 nitrogen and oxygen atoms in total. The molecule has 1 saturated heterocycles. The Morgan fingerprint density at radius 3 is 2.50 bits per heavy atom. The Morgan fingerprint density at radius 2 is 2.00 bits per heavy atom. The first-order valence-corrected chi connectivity index (χ1v) is 5.54. The fourth-order valence-electron chi connectivity index (χ4n) is 1.73. The molecule has 92 valence electrons. The van der Waals surface area contributed by atoms with E-state index in [0.29, 0.717) is 19.6 Å². The molecular formula is C10H19N3O3. The van der Waals surface area contributed by atoms with E-state index in [1.807, 2.05) is 6.92 Å². The second-order valence-corrected chi connectivity index (χ2v) is 3.74. The second kappa shape index (κ2) is 6.19. The summed E-state index contributed by atoms with van der Waals surface area (Å²) in [5, 5.41) is 5.55. The number of piperidine rings is 1. The van der Waals surface area contributed by atoms with E-state index >= 15 is 0 Å². The van der Waals surface area contributed by atoms with Gasteiger partial charge in [0.2, 0.25) is 0 Å². The molecule has 0 aromatic carbocycles. The van der Waals surface area contributed by atoms with Crippen molar-refractivity contribution in [3.8, 4) is 0 Å². The third-order valence-electron chi connectivity index (χ3n) is 2.60. The largest absolute Gasteiger partial charge is 0.453 e. The molecule has 2 N–H and O–H groups in total. The van der Waals surface area contributed by atoms with Gasteiger partial charge in [-0.3, -0.25) is 0 Å². The van der Waals surface area contributed by atoms with Gasteiger partial charge in [0.25, 0.3) is 0 Å². The number of hydrogen-bond acceptors (Lipinski definition) is 3. The Bertz CT molecular complexity index is 250. The SMILES string of the molecule is CCNC(=O)NC1CCN(C(=O)OC)CC1. The summed E-state index contributed by atoms with van der Waals surface area (Å²) in [6, 6.07) is 0.00599. The van der Waals surface area contributed by atoms with E-state index in [1.165, 1.54) is 7.11 Å². The fraction of sp³-hybridized carbons (Fsp3) is 0.800. The van der Waals surface area contributed by atoms with Gasteiger partial charge in [-0.05, 0) is 19.8 Å². The van der Waals surface area contributed by atoms with Crippen molar-refractivity contribution in [2.75, 3.05) is 26.7 Å². The molecule has 0 unspecified atom stereocenters. The Kier molecular flexibility index (Phi) is 4.88. The van der Waals surface area contributed by atoms with Crippen LogP contribution in [0.3, 0.4) is 0 Å². The van der Waals surface area contributed by atoms with Crippen LogP contribution in [-0.2, 0) is 4.74 Å². The molecule has 1 rings (SSSR count). The van der Waals surface area contributed by atoms with Gasteiger partial charge < -0.3 is 20.3 Å².